The molecule has 0 aliphatic carbocycles. The Balaban J connectivity index is 1.96. The molecule has 2 amide bonds. The highest BCUT2D eigenvalue weighted by Crippen LogP contribution is 2.26. The fourth-order valence-corrected chi connectivity index (χ4v) is 2.45. The van der Waals surface area contributed by atoms with E-state index in [0.29, 0.717) is 19.5 Å². The number of amides is 2. The summed E-state index contributed by atoms with van der Waals surface area (Å²) in [6, 6.07) is 7.45. The zero-order chi connectivity index (χ0) is 14.5. The summed E-state index contributed by atoms with van der Waals surface area (Å²) in [6.07, 6.45) is 0.768. The molecule has 0 bridgehead atoms. The summed E-state index contributed by atoms with van der Waals surface area (Å²) in [4.78, 5) is 25.6. The van der Waals surface area contributed by atoms with Crippen LogP contribution in [0.5, 0.6) is 0 Å². The molecule has 1 aliphatic rings. The summed E-state index contributed by atoms with van der Waals surface area (Å²) >= 11 is 3.35. The second-order valence-electron chi connectivity index (χ2n) is 4.75. The highest BCUT2D eigenvalue weighted by Gasteiger charge is 2.34. The van der Waals surface area contributed by atoms with E-state index in [9.17, 15) is 9.59 Å². The summed E-state index contributed by atoms with van der Waals surface area (Å²) in [5, 5.41) is 11.4. The molecule has 1 aromatic rings. The summed E-state index contributed by atoms with van der Waals surface area (Å²) < 4.78 is 0.950. The van der Waals surface area contributed by atoms with Crippen LogP contribution >= 0.6 is 15.9 Å². The number of hydrogen-bond acceptors (Lipinski definition) is 3. The second kappa shape index (κ2) is 6.85. The molecule has 5 nitrogen and oxygen atoms in total. The number of aliphatic hydroxyl groups excluding tert-OH is 1. The maximum absolute atomic E-state index is 12.0. The monoisotopic (exact) mass is 340 g/mol. The van der Waals surface area contributed by atoms with E-state index in [-0.39, 0.29) is 30.8 Å². The van der Waals surface area contributed by atoms with E-state index in [0.717, 1.165) is 10.2 Å². The minimum absolute atomic E-state index is 0.0327. The Kier molecular flexibility index (Phi) is 5.14. The topological polar surface area (TPSA) is 69.6 Å². The van der Waals surface area contributed by atoms with Gasteiger partial charge in [-0.1, -0.05) is 15.9 Å². The van der Waals surface area contributed by atoms with Crippen LogP contribution in [0.3, 0.4) is 0 Å². The predicted molar refractivity (Wildman–Crippen MR) is 79.3 cm³/mol. The Morgan fingerprint density at radius 3 is 2.75 bits per heavy atom. The quantitative estimate of drug-likeness (QED) is 0.794. The SMILES string of the molecule is O=C(NCCCO)C1CC(=O)N(c2ccc(Br)cc2)C1. The van der Waals surface area contributed by atoms with Gasteiger partial charge in [0.25, 0.3) is 0 Å². The molecular weight excluding hydrogens is 324 g/mol. The van der Waals surface area contributed by atoms with E-state index in [1.807, 2.05) is 24.3 Å². The molecule has 1 aromatic carbocycles. The van der Waals surface area contributed by atoms with E-state index in [1.165, 1.54) is 0 Å². The lowest BCUT2D eigenvalue weighted by Crippen LogP contribution is -2.33. The Bertz CT molecular complexity index is 490. The van der Waals surface area contributed by atoms with Gasteiger partial charge in [0.15, 0.2) is 0 Å². The van der Waals surface area contributed by atoms with Crippen LogP contribution in [0.25, 0.3) is 0 Å². The first-order valence-corrected chi connectivity index (χ1v) is 7.35. The van der Waals surface area contributed by atoms with Gasteiger partial charge in [-0.05, 0) is 30.7 Å². The third-order valence-corrected chi connectivity index (χ3v) is 3.80. The number of benzene rings is 1. The molecule has 0 spiro atoms. The Morgan fingerprint density at radius 2 is 2.10 bits per heavy atom. The average molecular weight is 341 g/mol. The minimum atomic E-state index is -0.315. The van der Waals surface area contributed by atoms with Gasteiger partial charge in [-0.2, -0.15) is 0 Å². The highest BCUT2D eigenvalue weighted by molar-refractivity contribution is 9.10. The van der Waals surface area contributed by atoms with E-state index in [4.69, 9.17) is 5.11 Å². The van der Waals surface area contributed by atoms with E-state index in [2.05, 4.69) is 21.2 Å². The molecule has 1 saturated heterocycles. The molecular formula is C14H17BrN2O3. The Morgan fingerprint density at radius 1 is 1.40 bits per heavy atom. The smallest absolute Gasteiger partial charge is 0.227 e. The fourth-order valence-electron chi connectivity index (χ4n) is 2.19. The normalized spacial score (nSPS) is 18.4. The van der Waals surface area contributed by atoms with Crippen LogP contribution in [0.15, 0.2) is 28.7 Å². The van der Waals surface area contributed by atoms with Crippen molar-refractivity contribution in [3.05, 3.63) is 28.7 Å². The fraction of sp³-hybridized carbons (Fsp3) is 0.429. The number of halogens is 1. The van der Waals surface area contributed by atoms with Gasteiger partial charge >= 0.3 is 0 Å². The van der Waals surface area contributed by atoms with Crippen LogP contribution in [-0.4, -0.2) is 36.6 Å². The first-order valence-electron chi connectivity index (χ1n) is 6.56. The van der Waals surface area contributed by atoms with E-state index >= 15 is 0 Å². The van der Waals surface area contributed by atoms with Crippen molar-refractivity contribution in [2.45, 2.75) is 12.8 Å². The van der Waals surface area contributed by atoms with Gasteiger partial charge in [0.2, 0.25) is 11.8 Å². The molecule has 1 unspecified atom stereocenters. The molecule has 1 atom stereocenters. The number of nitrogens with one attached hydrogen (secondary N) is 1. The van der Waals surface area contributed by atoms with Gasteiger partial charge in [-0.25, -0.2) is 0 Å². The van der Waals surface area contributed by atoms with E-state index < -0.39 is 0 Å². The number of rotatable bonds is 5. The largest absolute Gasteiger partial charge is 0.396 e. The lowest BCUT2D eigenvalue weighted by atomic mass is 10.1. The first kappa shape index (κ1) is 15.0. The molecule has 20 heavy (non-hydrogen) atoms. The van der Waals surface area contributed by atoms with Crippen molar-refractivity contribution in [2.24, 2.45) is 5.92 Å². The summed E-state index contributed by atoms with van der Waals surface area (Å²) in [7, 11) is 0. The third-order valence-electron chi connectivity index (χ3n) is 3.27. The van der Waals surface area contributed by atoms with Gasteiger partial charge in [0, 0.05) is 36.3 Å². The number of hydrogen-bond donors (Lipinski definition) is 2. The van der Waals surface area contributed by atoms with Crippen molar-refractivity contribution in [2.75, 3.05) is 24.6 Å². The molecule has 0 aromatic heterocycles. The maximum Gasteiger partial charge on any atom is 0.227 e. The van der Waals surface area contributed by atoms with Crippen LogP contribution in [0, 0.1) is 5.92 Å². The van der Waals surface area contributed by atoms with Crippen molar-refractivity contribution in [3.8, 4) is 0 Å². The number of carbonyl (C=O) groups excluding carboxylic acids is 2. The zero-order valence-electron chi connectivity index (χ0n) is 11.0. The van der Waals surface area contributed by atoms with Crippen LogP contribution in [0.4, 0.5) is 5.69 Å². The van der Waals surface area contributed by atoms with Crippen LogP contribution in [0.1, 0.15) is 12.8 Å². The summed E-state index contributed by atoms with van der Waals surface area (Å²) in [5.41, 5.74) is 0.809. The lowest BCUT2D eigenvalue weighted by molar-refractivity contribution is -0.126. The number of nitrogens with zero attached hydrogens (tertiary/aromatic N) is 1. The molecule has 108 valence electrons. The average Bonchev–Trinajstić information content (AvgIpc) is 2.82. The van der Waals surface area contributed by atoms with Crippen molar-refractivity contribution < 1.29 is 14.7 Å². The minimum Gasteiger partial charge on any atom is -0.396 e. The number of carbonyl (C=O) groups is 2. The van der Waals surface area contributed by atoms with Gasteiger partial charge in [0.1, 0.15) is 0 Å². The van der Waals surface area contributed by atoms with Crippen molar-refractivity contribution in [3.63, 3.8) is 0 Å². The standard InChI is InChI=1S/C14H17BrN2O3/c15-11-2-4-12(5-3-11)17-9-10(8-13(17)19)14(20)16-6-1-7-18/h2-5,10,18H,1,6-9H2,(H,16,20). The van der Waals surface area contributed by atoms with Crippen LogP contribution in [0.2, 0.25) is 0 Å². The van der Waals surface area contributed by atoms with Crippen molar-refractivity contribution >= 4 is 33.4 Å². The lowest BCUT2D eigenvalue weighted by Gasteiger charge is -2.16. The first-order chi connectivity index (χ1) is 9.61. The van der Waals surface area contributed by atoms with E-state index in [1.54, 1.807) is 4.90 Å². The summed E-state index contributed by atoms with van der Waals surface area (Å²) in [5.74, 6) is -0.467. The molecule has 2 rings (SSSR count). The third kappa shape index (κ3) is 3.58. The van der Waals surface area contributed by atoms with Crippen LogP contribution < -0.4 is 10.2 Å². The zero-order valence-corrected chi connectivity index (χ0v) is 12.6. The number of anilines is 1. The Labute approximate surface area is 126 Å². The van der Waals surface area contributed by atoms with Crippen LogP contribution in [-0.2, 0) is 9.59 Å². The van der Waals surface area contributed by atoms with Gasteiger partial charge in [-0.15, -0.1) is 0 Å². The van der Waals surface area contributed by atoms with Crippen molar-refractivity contribution in [1.82, 2.24) is 5.32 Å². The van der Waals surface area contributed by atoms with Gasteiger partial charge in [0.05, 0.1) is 5.92 Å². The molecule has 1 fully saturated rings. The maximum atomic E-state index is 12.0. The van der Waals surface area contributed by atoms with Gasteiger partial charge < -0.3 is 15.3 Å². The second-order valence-corrected chi connectivity index (χ2v) is 5.67. The Hall–Kier alpha value is -1.40. The molecule has 0 radical (unpaired) electrons. The number of aliphatic hydroxyl groups is 1. The summed E-state index contributed by atoms with van der Waals surface area (Å²) in [6.45, 7) is 0.901. The predicted octanol–water partition coefficient (Wildman–Crippen LogP) is 1.30. The highest BCUT2D eigenvalue weighted by atomic mass is 79.9. The molecule has 1 heterocycles. The molecule has 2 N–H and O–H groups in total. The van der Waals surface area contributed by atoms with Crippen molar-refractivity contribution in [1.29, 1.82) is 0 Å². The molecule has 6 heteroatoms. The molecule has 1 aliphatic heterocycles. The van der Waals surface area contributed by atoms with Gasteiger partial charge in [-0.3, -0.25) is 9.59 Å². The molecule has 0 saturated carbocycles.